The molecule has 2 atom stereocenters. The number of anilines is 1. The first kappa shape index (κ1) is 16.7. The molecular formula is C16H21N3O5. The van der Waals surface area contributed by atoms with Gasteiger partial charge in [-0.1, -0.05) is 0 Å². The number of carbonyl (C=O) groups excluding carboxylic acids is 1. The zero-order valence-electron chi connectivity index (χ0n) is 13.8. The van der Waals surface area contributed by atoms with Gasteiger partial charge in [0.05, 0.1) is 30.8 Å². The molecule has 8 heteroatoms. The van der Waals surface area contributed by atoms with Gasteiger partial charge in [0.15, 0.2) is 0 Å². The number of hydrogen-bond donors (Lipinski definition) is 1. The molecule has 0 saturated carbocycles. The number of carbonyl (C=O) groups is 1. The number of benzene rings is 1. The largest absolute Gasteiger partial charge is 0.465 e. The number of methoxy groups -OCH3 is 1. The van der Waals surface area contributed by atoms with Crippen molar-refractivity contribution in [1.29, 1.82) is 0 Å². The molecule has 0 radical (unpaired) electrons. The normalized spacial score (nSPS) is 21.2. The van der Waals surface area contributed by atoms with Gasteiger partial charge in [-0.3, -0.25) is 10.1 Å². The van der Waals surface area contributed by atoms with Crippen molar-refractivity contribution >= 4 is 17.3 Å². The Morgan fingerprint density at radius 1 is 1.54 bits per heavy atom. The van der Waals surface area contributed by atoms with Crippen molar-refractivity contribution in [3.63, 3.8) is 0 Å². The molecule has 2 aliphatic heterocycles. The van der Waals surface area contributed by atoms with Gasteiger partial charge in [0.2, 0.25) is 0 Å². The lowest BCUT2D eigenvalue weighted by molar-refractivity contribution is -0.385. The molecule has 1 aromatic rings. The summed E-state index contributed by atoms with van der Waals surface area (Å²) in [5.41, 5.74) is 1.52. The van der Waals surface area contributed by atoms with Gasteiger partial charge in [0.1, 0.15) is 5.56 Å². The van der Waals surface area contributed by atoms with Crippen LogP contribution in [0.15, 0.2) is 12.1 Å². The van der Waals surface area contributed by atoms with E-state index in [4.69, 9.17) is 9.47 Å². The quantitative estimate of drug-likeness (QED) is 0.500. The fraction of sp³-hybridized carbons (Fsp3) is 0.562. The predicted octanol–water partition coefficient (Wildman–Crippen LogP) is 1.12. The van der Waals surface area contributed by atoms with Gasteiger partial charge >= 0.3 is 5.97 Å². The SMILES string of the molecule is COC(=O)c1cc2c(cc1[N+](=O)[O-])CCN2C(C)C1CNCCO1. The highest BCUT2D eigenvalue weighted by molar-refractivity contribution is 5.95. The molecule has 0 aromatic heterocycles. The van der Waals surface area contributed by atoms with Crippen LogP contribution in [0.5, 0.6) is 0 Å². The molecule has 0 spiro atoms. The van der Waals surface area contributed by atoms with Crippen LogP contribution in [0.3, 0.4) is 0 Å². The number of nitro groups is 1. The number of hydrogen-bond acceptors (Lipinski definition) is 7. The first-order chi connectivity index (χ1) is 11.5. The first-order valence-corrected chi connectivity index (χ1v) is 8.01. The number of nitrogens with zero attached hydrogens (tertiary/aromatic N) is 2. The highest BCUT2D eigenvalue weighted by atomic mass is 16.6. The van der Waals surface area contributed by atoms with Crippen LogP contribution < -0.4 is 10.2 Å². The summed E-state index contributed by atoms with van der Waals surface area (Å²) in [6.07, 6.45) is 0.753. The third kappa shape index (κ3) is 2.94. The number of ether oxygens (including phenoxy) is 2. The lowest BCUT2D eigenvalue weighted by Gasteiger charge is -2.36. The minimum Gasteiger partial charge on any atom is -0.465 e. The molecule has 1 fully saturated rings. The van der Waals surface area contributed by atoms with Crippen molar-refractivity contribution in [3.05, 3.63) is 33.4 Å². The van der Waals surface area contributed by atoms with E-state index in [2.05, 4.69) is 17.1 Å². The molecule has 2 aliphatic rings. The Morgan fingerprint density at radius 3 is 2.96 bits per heavy atom. The maximum absolute atomic E-state index is 11.9. The molecule has 8 nitrogen and oxygen atoms in total. The van der Waals surface area contributed by atoms with Gasteiger partial charge < -0.3 is 19.7 Å². The Hall–Kier alpha value is -2.19. The molecule has 1 aromatic carbocycles. The molecule has 3 rings (SSSR count). The predicted molar refractivity (Wildman–Crippen MR) is 87.6 cm³/mol. The van der Waals surface area contributed by atoms with Crippen molar-refractivity contribution in [2.45, 2.75) is 25.5 Å². The van der Waals surface area contributed by atoms with Gasteiger partial charge in [-0.05, 0) is 25.0 Å². The minimum absolute atomic E-state index is 0.0111. The highest BCUT2D eigenvalue weighted by Crippen LogP contribution is 2.36. The highest BCUT2D eigenvalue weighted by Gasteiger charge is 2.34. The van der Waals surface area contributed by atoms with E-state index in [9.17, 15) is 14.9 Å². The molecule has 0 aliphatic carbocycles. The third-order valence-corrected chi connectivity index (χ3v) is 4.72. The van der Waals surface area contributed by atoms with Gasteiger partial charge in [-0.15, -0.1) is 0 Å². The Bertz CT molecular complexity index is 657. The van der Waals surface area contributed by atoms with Crippen LogP contribution in [-0.4, -0.2) is 56.4 Å². The van der Waals surface area contributed by atoms with Crippen molar-refractivity contribution in [2.24, 2.45) is 0 Å². The zero-order valence-corrected chi connectivity index (χ0v) is 13.8. The molecule has 0 amide bonds. The topological polar surface area (TPSA) is 93.9 Å². The minimum atomic E-state index is -0.695. The molecule has 2 unspecified atom stereocenters. The summed E-state index contributed by atoms with van der Waals surface area (Å²) in [6, 6.07) is 3.18. The molecule has 130 valence electrons. The average Bonchev–Trinajstić information content (AvgIpc) is 3.02. The second-order valence-electron chi connectivity index (χ2n) is 6.04. The first-order valence-electron chi connectivity index (χ1n) is 8.01. The maximum atomic E-state index is 11.9. The summed E-state index contributed by atoms with van der Waals surface area (Å²) in [6.45, 7) is 5.11. The smallest absolute Gasteiger partial charge is 0.344 e. The number of fused-ring (bicyclic) bond motifs is 1. The number of rotatable bonds is 4. The molecular weight excluding hydrogens is 314 g/mol. The summed E-state index contributed by atoms with van der Waals surface area (Å²) in [4.78, 5) is 24.8. The summed E-state index contributed by atoms with van der Waals surface area (Å²) < 4.78 is 10.5. The van der Waals surface area contributed by atoms with Crippen molar-refractivity contribution in [3.8, 4) is 0 Å². The summed E-state index contributed by atoms with van der Waals surface area (Å²) in [5.74, 6) is -0.695. The third-order valence-electron chi connectivity index (χ3n) is 4.72. The van der Waals surface area contributed by atoms with Crippen LogP contribution in [0.4, 0.5) is 11.4 Å². The zero-order chi connectivity index (χ0) is 17.3. The van der Waals surface area contributed by atoms with E-state index in [1.54, 1.807) is 6.07 Å². The molecule has 24 heavy (non-hydrogen) atoms. The maximum Gasteiger partial charge on any atom is 0.344 e. The van der Waals surface area contributed by atoms with Gasteiger partial charge in [-0.2, -0.15) is 0 Å². The lowest BCUT2D eigenvalue weighted by atomic mass is 10.1. The van der Waals surface area contributed by atoms with E-state index < -0.39 is 10.9 Å². The Kier molecular flexibility index (Phi) is 4.68. The Labute approximate surface area is 139 Å². The van der Waals surface area contributed by atoms with Gasteiger partial charge in [0.25, 0.3) is 5.69 Å². The van der Waals surface area contributed by atoms with Crippen molar-refractivity contribution in [2.75, 3.05) is 38.3 Å². The van der Waals surface area contributed by atoms with E-state index in [1.807, 2.05) is 0 Å². The molecule has 1 N–H and O–H groups in total. The van der Waals surface area contributed by atoms with E-state index in [-0.39, 0.29) is 23.4 Å². The molecule has 2 heterocycles. The summed E-state index contributed by atoms with van der Waals surface area (Å²) >= 11 is 0. The van der Waals surface area contributed by atoms with Crippen LogP contribution in [0.25, 0.3) is 0 Å². The fourth-order valence-electron chi connectivity index (χ4n) is 3.39. The van der Waals surface area contributed by atoms with Crippen LogP contribution in [0, 0.1) is 10.1 Å². The van der Waals surface area contributed by atoms with E-state index >= 15 is 0 Å². The van der Waals surface area contributed by atoms with E-state index in [0.29, 0.717) is 13.0 Å². The number of nitrogens with one attached hydrogen (secondary N) is 1. The van der Waals surface area contributed by atoms with Crippen molar-refractivity contribution in [1.82, 2.24) is 5.32 Å². The number of esters is 1. The monoisotopic (exact) mass is 335 g/mol. The van der Waals surface area contributed by atoms with Gasteiger partial charge in [0, 0.05) is 31.4 Å². The fourth-order valence-corrected chi connectivity index (χ4v) is 3.39. The summed E-state index contributed by atoms with van der Waals surface area (Å²) in [5, 5.41) is 14.6. The molecule has 0 bridgehead atoms. The summed E-state index contributed by atoms with van der Waals surface area (Å²) in [7, 11) is 1.22. The second-order valence-corrected chi connectivity index (χ2v) is 6.04. The van der Waals surface area contributed by atoms with Crippen LogP contribution >= 0.6 is 0 Å². The Balaban J connectivity index is 1.94. The van der Waals surface area contributed by atoms with E-state index in [0.717, 1.165) is 30.9 Å². The number of morpholine rings is 1. The van der Waals surface area contributed by atoms with Gasteiger partial charge in [-0.25, -0.2) is 4.79 Å². The average molecular weight is 335 g/mol. The van der Waals surface area contributed by atoms with E-state index in [1.165, 1.54) is 13.2 Å². The van der Waals surface area contributed by atoms with Crippen molar-refractivity contribution < 1.29 is 19.2 Å². The van der Waals surface area contributed by atoms with Crippen LogP contribution in [-0.2, 0) is 15.9 Å². The standard InChI is InChI=1S/C16H21N3O5/c1-10(15-9-17-4-6-24-15)18-5-3-11-7-14(19(21)22)12(8-13(11)18)16(20)23-2/h7-8,10,15,17H,3-6,9H2,1-2H3. The number of nitro benzene ring substituents is 1. The second kappa shape index (κ2) is 6.74. The molecule has 1 saturated heterocycles. The Morgan fingerprint density at radius 2 is 2.33 bits per heavy atom. The lowest BCUT2D eigenvalue weighted by Crippen LogP contribution is -2.50. The van der Waals surface area contributed by atoms with Crippen LogP contribution in [0.1, 0.15) is 22.8 Å². The van der Waals surface area contributed by atoms with Crippen LogP contribution in [0.2, 0.25) is 0 Å².